The number of carbonyl (C=O) groups is 3. The molecule has 6 heteroatoms. The first-order valence-corrected chi connectivity index (χ1v) is 5.12. The standard InChI is InChI=1S/C11H13NO5/c13-6-9-8(2-4-11(16)17)7(5-12-9)1-3-10(14)15/h5-6,12H,1-4H2,(H,14,15)(H,16,17). The third-order valence-corrected chi connectivity index (χ3v) is 2.43. The highest BCUT2D eigenvalue weighted by atomic mass is 16.4. The maximum Gasteiger partial charge on any atom is 0.303 e. The van der Waals surface area contributed by atoms with Gasteiger partial charge in [0.15, 0.2) is 6.29 Å². The first-order valence-electron chi connectivity index (χ1n) is 5.12. The SMILES string of the molecule is O=Cc1[nH]cc(CCC(=O)O)c1CCC(=O)O. The predicted octanol–water partition coefficient (Wildman–Crippen LogP) is 0.862. The highest BCUT2D eigenvalue weighted by Crippen LogP contribution is 2.17. The van der Waals surface area contributed by atoms with Crippen LogP contribution in [0.1, 0.15) is 34.5 Å². The molecule has 1 aromatic rings. The number of H-pyrrole nitrogens is 1. The molecular weight excluding hydrogens is 226 g/mol. The Bertz CT molecular complexity index is 435. The van der Waals surface area contributed by atoms with Crippen LogP contribution in [0.4, 0.5) is 0 Å². The van der Waals surface area contributed by atoms with Gasteiger partial charge in [-0.25, -0.2) is 0 Å². The number of aromatic amines is 1. The van der Waals surface area contributed by atoms with Crippen molar-refractivity contribution in [2.75, 3.05) is 0 Å². The summed E-state index contributed by atoms with van der Waals surface area (Å²) in [4.78, 5) is 34.4. The van der Waals surface area contributed by atoms with Gasteiger partial charge in [-0.1, -0.05) is 0 Å². The summed E-state index contributed by atoms with van der Waals surface area (Å²) in [5.74, 6) is -1.88. The van der Waals surface area contributed by atoms with E-state index in [-0.39, 0.29) is 25.7 Å². The van der Waals surface area contributed by atoms with Crippen molar-refractivity contribution in [2.24, 2.45) is 0 Å². The third-order valence-electron chi connectivity index (χ3n) is 2.43. The molecule has 3 N–H and O–H groups in total. The lowest BCUT2D eigenvalue weighted by molar-refractivity contribution is -0.138. The quantitative estimate of drug-likeness (QED) is 0.612. The van der Waals surface area contributed by atoms with E-state index in [1.165, 1.54) is 0 Å². The van der Waals surface area contributed by atoms with Crippen LogP contribution in [-0.4, -0.2) is 33.4 Å². The second-order valence-corrected chi connectivity index (χ2v) is 3.61. The zero-order valence-corrected chi connectivity index (χ0v) is 9.10. The number of hydrogen-bond acceptors (Lipinski definition) is 3. The maximum atomic E-state index is 10.7. The lowest BCUT2D eigenvalue weighted by atomic mass is 10.0. The number of aromatic nitrogens is 1. The Kier molecular flexibility index (Phi) is 4.45. The monoisotopic (exact) mass is 239 g/mol. The van der Waals surface area contributed by atoms with Gasteiger partial charge in [-0.15, -0.1) is 0 Å². The molecule has 17 heavy (non-hydrogen) atoms. The van der Waals surface area contributed by atoms with E-state index >= 15 is 0 Å². The van der Waals surface area contributed by atoms with E-state index in [0.29, 0.717) is 23.1 Å². The van der Waals surface area contributed by atoms with Gasteiger partial charge in [-0.2, -0.15) is 0 Å². The average molecular weight is 239 g/mol. The van der Waals surface area contributed by atoms with Crippen molar-refractivity contribution >= 4 is 18.2 Å². The van der Waals surface area contributed by atoms with Gasteiger partial charge in [-0.3, -0.25) is 14.4 Å². The van der Waals surface area contributed by atoms with E-state index in [0.717, 1.165) is 0 Å². The molecule has 0 amide bonds. The van der Waals surface area contributed by atoms with Crippen molar-refractivity contribution in [3.05, 3.63) is 23.0 Å². The van der Waals surface area contributed by atoms with E-state index in [2.05, 4.69) is 4.98 Å². The second-order valence-electron chi connectivity index (χ2n) is 3.61. The molecule has 0 aliphatic rings. The molecule has 0 atom stereocenters. The molecule has 92 valence electrons. The van der Waals surface area contributed by atoms with Crippen LogP contribution in [0, 0.1) is 0 Å². The van der Waals surface area contributed by atoms with Crippen LogP contribution in [0.15, 0.2) is 6.20 Å². The van der Waals surface area contributed by atoms with Crippen LogP contribution in [0.25, 0.3) is 0 Å². The Morgan fingerprint density at radius 1 is 1.18 bits per heavy atom. The van der Waals surface area contributed by atoms with Crippen molar-refractivity contribution in [3.8, 4) is 0 Å². The molecule has 1 aromatic heterocycles. The zero-order valence-electron chi connectivity index (χ0n) is 9.10. The number of rotatable bonds is 7. The Hall–Kier alpha value is -2.11. The van der Waals surface area contributed by atoms with Gasteiger partial charge in [-0.05, 0) is 24.0 Å². The highest BCUT2D eigenvalue weighted by Gasteiger charge is 2.13. The number of nitrogens with one attached hydrogen (secondary N) is 1. The number of carbonyl (C=O) groups excluding carboxylic acids is 1. The normalized spacial score (nSPS) is 10.1. The maximum absolute atomic E-state index is 10.7. The summed E-state index contributed by atoms with van der Waals surface area (Å²) < 4.78 is 0. The van der Waals surface area contributed by atoms with Gasteiger partial charge in [0.05, 0.1) is 5.69 Å². The number of aryl methyl sites for hydroxylation is 1. The van der Waals surface area contributed by atoms with E-state index in [1.54, 1.807) is 6.20 Å². The van der Waals surface area contributed by atoms with Crippen LogP contribution in [-0.2, 0) is 22.4 Å². The predicted molar refractivity (Wildman–Crippen MR) is 58.1 cm³/mol. The molecule has 6 nitrogen and oxygen atoms in total. The van der Waals surface area contributed by atoms with Gasteiger partial charge in [0.25, 0.3) is 0 Å². The summed E-state index contributed by atoms with van der Waals surface area (Å²) in [6, 6.07) is 0. The minimum atomic E-state index is -0.952. The molecule has 1 rings (SSSR count). The third kappa shape index (κ3) is 3.75. The molecule has 0 saturated carbocycles. The molecule has 0 unspecified atom stereocenters. The number of carboxylic acids is 2. The molecular formula is C11H13NO5. The summed E-state index contributed by atoms with van der Waals surface area (Å²) in [5, 5.41) is 17.2. The van der Waals surface area contributed by atoms with Crippen LogP contribution in [0.3, 0.4) is 0 Å². The van der Waals surface area contributed by atoms with Crippen LogP contribution >= 0.6 is 0 Å². The zero-order chi connectivity index (χ0) is 12.8. The van der Waals surface area contributed by atoms with E-state index in [9.17, 15) is 14.4 Å². The van der Waals surface area contributed by atoms with Gasteiger partial charge in [0.1, 0.15) is 0 Å². The van der Waals surface area contributed by atoms with Crippen LogP contribution < -0.4 is 0 Å². The Morgan fingerprint density at radius 3 is 2.29 bits per heavy atom. The summed E-state index contributed by atoms with van der Waals surface area (Å²) in [5.41, 5.74) is 1.62. The van der Waals surface area contributed by atoms with E-state index < -0.39 is 11.9 Å². The summed E-state index contributed by atoms with van der Waals surface area (Å²) >= 11 is 0. The Morgan fingerprint density at radius 2 is 1.76 bits per heavy atom. The first kappa shape index (κ1) is 13.0. The van der Waals surface area contributed by atoms with E-state index in [4.69, 9.17) is 10.2 Å². The van der Waals surface area contributed by atoms with Crippen molar-refractivity contribution in [3.63, 3.8) is 0 Å². The summed E-state index contributed by atoms with van der Waals surface area (Å²) in [6.45, 7) is 0. The van der Waals surface area contributed by atoms with E-state index in [1.807, 2.05) is 0 Å². The molecule has 1 heterocycles. The molecule has 0 saturated heterocycles. The lowest BCUT2D eigenvalue weighted by Gasteiger charge is -2.02. The lowest BCUT2D eigenvalue weighted by Crippen LogP contribution is -2.03. The number of hydrogen-bond donors (Lipinski definition) is 3. The smallest absolute Gasteiger partial charge is 0.303 e. The average Bonchev–Trinajstić information content (AvgIpc) is 2.65. The number of aldehydes is 1. The minimum Gasteiger partial charge on any atom is -0.481 e. The molecule has 0 aliphatic carbocycles. The van der Waals surface area contributed by atoms with Crippen LogP contribution in [0.2, 0.25) is 0 Å². The Balaban J connectivity index is 2.81. The fourth-order valence-corrected chi connectivity index (χ4v) is 1.61. The van der Waals surface area contributed by atoms with Gasteiger partial charge < -0.3 is 15.2 Å². The molecule has 0 fully saturated rings. The summed E-state index contributed by atoms with van der Waals surface area (Å²) in [6.07, 6.45) is 2.55. The first-order chi connectivity index (χ1) is 8.04. The van der Waals surface area contributed by atoms with Gasteiger partial charge in [0, 0.05) is 19.0 Å². The fourth-order valence-electron chi connectivity index (χ4n) is 1.61. The Labute approximate surface area is 97.3 Å². The molecule has 0 bridgehead atoms. The van der Waals surface area contributed by atoms with Crippen molar-refractivity contribution < 1.29 is 24.6 Å². The fraction of sp³-hybridized carbons (Fsp3) is 0.364. The molecule has 0 radical (unpaired) electrons. The minimum absolute atomic E-state index is 0.0454. The number of carboxylic acid groups (broad SMARTS) is 2. The second kappa shape index (κ2) is 5.83. The van der Waals surface area contributed by atoms with Crippen molar-refractivity contribution in [1.29, 1.82) is 0 Å². The molecule has 0 aromatic carbocycles. The van der Waals surface area contributed by atoms with Crippen molar-refractivity contribution in [2.45, 2.75) is 25.7 Å². The van der Waals surface area contributed by atoms with Gasteiger partial charge >= 0.3 is 11.9 Å². The summed E-state index contributed by atoms with van der Waals surface area (Å²) in [7, 11) is 0. The topological polar surface area (TPSA) is 107 Å². The number of aliphatic carboxylic acids is 2. The molecule has 0 aliphatic heterocycles. The van der Waals surface area contributed by atoms with Crippen LogP contribution in [0.5, 0.6) is 0 Å². The molecule has 0 spiro atoms. The largest absolute Gasteiger partial charge is 0.481 e. The van der Waals surface area contributed by atoms with Gasteiger partial charge in [0.2, 0.25) is 0 Å². The highest BCUT2D eigenvalue weighted by molar-refractivity contribution is 5.76. The van der Waals surface area contributed by atoms with Crippen molar-refractivity contribution in [1.82, 2.24) is 4.98 Å².